The SMILES string of the molecule is C[C@H]1CC[C@]2(C)[C@H]3CC[C@]4(C)C(c5cccnc5)=CC[C@H]4[C@@H]3CC3O[C@@]32C1. The van der Waals surface area contributed by atoms with Gasteiger partial charge in [-0.15, -0.1) is 0 Å². The van der Waals surface area contributed by atoms with E-state index in [1.165, 1.54) is 50.5 Å². The number of nitrogens with zero attached hydrogens (tertiary/aromatic N) is 1. The van der Waals surface area contributed by atoms with E-state index in [4.69, 9.17) is 4.74 Å². The normalized spacial score (nSPS) is 52.9. The predicted octanol–water partition coefficient (Wildman–Crippen LogP) is 5.89. The van der Waals surface area contributed by atoms with E-state index in [2.05, 4.69) is 50.2 Å². The zero-order valence-electron chi connectivity index (χ0n) is 17.1. The van der Waals surface area contributed by atoms with Crippen molar-refractivity contribution < 1.29 is 4.74 Å². The molecule has 0 N–H and O–H groups in total. The maximum Gasteiger partial charge on any atom is 0.101 e. The van der Waals surface area contributed by atoms with Gasteiger partial charge in [-0.2, -0.15) is 0 Å². The van der Waals surface area contributed by atoms with Crippen LogP contribution in [-0.4, -0.2) is 16.7 Å². The second-order valence-corrected chi connectivity index (χ2v) is 10.9. The summed E-state index contributed by atoms with van der Waals surface area (Å²) in [5, 5.41) is 0. The number of hydrogen-bond donors (Lipinski definition) is 0. The van der Waals surface area contributed by atoms with Crippen molar-refractivity contribution in [2.75, 3.05) is 0 Å². The average Bonchev–Trinajstić information content (AvgIpc) is 3.24. The molecular formula is C25H33NO. The van der Waals surface area contributed by atoms with E-state index < -0.39 is 0 Å². The lowest BCUT2D eigenvalue weighted by atomic mass is 9.44. The Bertz CT molecular complexity index is 802. The van der Waals surface area contributed by atoms with Gasteiger partial charge in [-0.1, -0.05) is 32.9 Å². The molecule has 0 aromatic carbocycles. The Labute approximate surface area is 163 Å². The van der Waals surface area contributed by atoms with E-state index in [0.29, 0.717) is 16.9 Å². The van der Waals surface area contributed by atoms with Gasteiger partial charge in [0, 0.05) is 17.8 Å². The zero-order chi connectivity index (χ0) is 18.4. The molecule has 8 atom stereocenters. The molecule has 1 aliphatic heterocycles. The van der Waals surface area contributed by atoms with Crippen LogP contribution in [0.1, 0.15) is 71.3 Å². The third-order valence-corrected chi connectivity index (χ3v) is 9.89. The number of aromatic nitrogens is 1. The fourth-order valence-corrected chi connectivity index (χ4v) is 8.44. The van der Waals surface area contributed by atoms with Gasteiger partial charge in [-0.25, -0.2) is 0 Å². The van der Waals surface area contributed by atoms with Crippen LogP contribution in [0.3, 0.4) is 0 Å². The van der Waals surface area contributed by atoms with Gasteiger partial charge < -0.3 is 4.74 Å². The molecule has 0 bridgehead atoms. The smallest absolute Gasteiger partial charge is 0.101 e. The first-order valence-electron chi connectivity index (χ1n) is 11.3. The van der Waals surface area contributed by atoms with Crippen molar-refractivity contribution in [3.05, 3.63) is 36.2 Å². The number of ether oxygens (including phenoxy) is 1. The maximum atomic E-state index is 6.60. The standard InChI is InChI=1S/C25H33NO/c1-16-8-11-24(3)21-9-10-23(2)19(17-5-4-12-26-15-17)6-7-20(23)18(21)13-22-25(24,14-16)27-22/h4-6,12,15-16,18,20-22H,7-11,13-14H2,1-3H3/t16-,18-,20-,21-,22?,23+,24+,25-/m0/s1. The quantitative estimate of drug-likeness (QED) is 0.582. The van der Waals surface area contributed by atoms with Gasteiger partial charge in [0.15, 0.2) is 0 Å². The van der Waals surface area contributed by atoms with E-state index in [9.17, 15) is 0 Å². The third kappa shape index (κ3) is 1.98. The lowest BCUT2D eigenvalue weighted by Gasteiger charge is -2.59. The lowest BCUT2D eigenvalue weighted by molar-refractivity contribution is -0.0882. The minimum Gasteiger partial charge on any atom is -0.365 e. The molecule has 0 amide bonds. The van der Waals surface area contributed by atoms with E-state index in [0.717, 1.165) is 23.7 Å². The Morgan fingerprint density at radius 3 is 2.85 bits per heavy atom. The summed E-state index contributed by atoms with van der Waals surface area (Å²) in [7, 11) is 0. The first kappa shape index (κ1) is 16.8. The van der Waals surface area contributed by atoms with Crippen molar-refractivity contribution in [2.45, 2.75) is 77.4 Å². The molecule has 27 heavy (non-hydrogen) atoms. The largest absolute Gasteiger partial charge is 0.365 e. The molecular weight excluding hydrogens is 330 g/mol. The number of fused-ring (bicyclic) bond motifs is 4. The number of pyridine rings is 1. The summed E-state index contributed by atoms with van der Waals surface area (Å²) in [4.78, 5) is 4.41. The molecule has 5 aliphatic rings. The summed E-state index contributed by atoms with van der Waals surface area (Å²) >= 11 is 0. The highest BCUT2D eigenvalue weighted by atomic mass is 16.6. The van der Waals surface area contributed by atoms with E-state index in [1.807, 2.05) is 6.20 Å². The Kier molecular flexibility index (Phi) is 3.27. The van der Waals surface area contributed by atoms with Crippen LogP contribution in [0.2, 0.25) is 0 Å². The van der Waals surface area contributed by atoms with Gasteiger partial charge in [0.1, 0.15) is 5.60 Å². The van der Waals surface area contributed by atoms with Crippen molar-refractivity contribution in [3.63, 3.8) is 0 Å². The highest BCUT2D eigenvalue weighted by Gasteiger charge is 2.75. The van der Waals surface area contributed by atoms with Crippen LogP contribution < -0.4 is 0 Å². The maximum absolute atomic E-state index is 6.60. The van der Waals surface area contributed by atoms with Crippen molar-refractivity contribution in [2.24, 2.45) is 34.5 Å². The van der Waals surface area contributed by atoms with Gasteiger partial charge in [-0.05, 0) is 91.2 Å². The highest BCUT2D eigenvalue weighted by Crippen LogP contribution is 2.74. The molecule has 1 spiro atoms. The second kappa shape index (κ2) is 5.26. The second-order valence-electron chi connectivity index (χ2n) is 10.9. The van der Waals surface area contributed by atoms with Gasteiger partial charge in [0.25, 0.3) is 0 Å². The third-order valence-electron chi connectivity index (χ3n) is 9.89. The molecule has 4 aliphatic carbocycles. The first-order valence-corrected chi connectivity index (χ1v) is 11.3. The van der Waals surface area contributed by atoms with E-state index in [-0.39, 0.29) is 5.60 Å². The predicted molar refractivity (Wildman–Crippen MR) is 108 cm³/mol. The van der Waals surface area contributed by atoms with Crippen molar-refractivity contribution in [1.29, 1.82) is 0 Å². The number of epoxide rings is 1. The van der Waals surface area contributed by atoms with Gasteiger partial charge in [0.05, 0.1) is 6.10 Å². The first-order chi connectivity index (χ1) is 13.0. The molecule has 2 nitrogen and oxygen atoms in total. The van der Waals surface area contributed by atoms with Gasteiger partial charge >= 0.3 is 0 Å². The molecule has 3 saturated carbocycles. The summed E-state index contributed by atoms with van der Waals surface area (Å²) in [6.45, 7) is 7.61. The fourth-order valence-electron chi connectivity index (χ4n) is 8.44. The molecule has 1 aromatic heterocycles. The molecule has 1 aromatic rings. The Morgan fingerprint density at radius 2 is 2.04 bits per heavy atom. The van der Waals surface area contributed by atoms with E-state index >= 15 is 0 Å². The average molecular weight is 364 g/mol. The number of hydrogen-bond acceptors (Lipinski definition) is 2. The summed E-state index contributed by atoms with van der Waals surface area (Å²) < 4.78 is 6.60. The Balaban J connectivity index is 1.35. The van der Waals surface area contributed by atoms with Crippen LogP contribution in [0.4, 0.5) is 0 Å². The molecule has 144 valence electrons. The fraction of sp³-hybridized carbons (Fsp3) is 0.720. The zero-order valence-corrected chi connectivity index (χ0v) is 17.1. The highest BCUT2D eigenvalue weighted by molar-refractivity contribution is 5.72. The van der Waals surface area contributed by atoms with Gasteiger partial charge in [-0.3, -0.25) is 4.98 Å². The summed E-state index contributed by atoms with van der Waals surface area (Å²) in [5.74, 6) is 3.35. The summed E-state index contributed by atoms with van der Waals surface area (Å²) in [5.41, 5.74) is 3.93. The monoisotopic (exact) mass is 363 g/mol. The molecule has 2 heteroatoms. The summed E-state index contributed by atoms with van der Waals surface area (Å²) in [6, 6.07) is 4.36. The van der Waals surface area contributed by atoms with Crippen molar-refractivity contribution in [1.82, 2.24) is 4.98 Å². The van der Waals surface area contributed by atoms with Crippen molar-refractivity contribution >= 4 is 5.57 Å². The van der Waals surface area contributed by atoms with Crippen molar-refractivity contribution in [3.8, 4) is 0 Å². The minimum atomic E-state index is 0.248. The Hall–Kier alpha value is -1.15. The molecule has 2 heterocycles. The topological polar surface area (TPSA) is 25.4 Å². The molecule has 1 saturated heterocycles. The Morgan fingerprint density at radius 1 is 1.15 bits per heavy atom. The summed E-state index contributed by atoms with van der Waals surface area (Å²) in [6.07, 6.45) is 16.5. The minimum absolute atomic E-state index is 0.248. The molecule has 4 fully saturated rings. The molecule has 6 rings (SSSR count). The van der Waals surface area contributed by atoms with Crippen LogP contribution in [-0.2, 0) is 4.74 Å². The van der Waals surface area contributed by atoms with Crippen LogP contribution in [0.15, 0.2) is 30.6 Å². The van der Waals surface area contributed by atoms with Gasteiger partial charge in [0.2, 0.25) is 0 Å². The molecule has 0 radical (unpaired) electrons. The van der Waals surface area contributed by atoms with E-state index in [1.54, 1.807) is 5.57 Å². The van der Waals surface area contributed by atoms with Crippen LogP contribution in [0.25, 0.3) is 5.57 Å². The van der Waals surface area contributed by atoms with Crippen LogP contribution >= 0.6 is 0 Å². The molecule has 1 unspecified atom stereocenters. The van der Waals surface area contributed by atoms with Crippen LogP contribution in [0.5, 0.6) is 0 Å². The lowest BCUT2D eigenvalue weighted by Crippen LogP contribution is -2.57. The number of allylic oxidation sites excluding steroid dienone is 2. The number of rotatable bonds is 1. The van der Waals surface area contributed by atoms with Crippen LogP contribution in [0, 0.1) is 34.5 Å².